The van der Waals surface area contributed by atoms with Crippen molar-refractivity contribution in [2.45, 2.75) is 20.0 Å². The minimum atomic E-state index is -5.01. The summed E-state index contributed by atoms with van der Waals surface area (Å²) in [7, 11) is -5.01. The zero-order chi connectivity index (χ0) is 17.7. The number of halogens is 2. The number of hydrogen-bond donors (Lipinski definition) is 1. The third kappa shape index (κ3) is 5.77. The van der Waals surface area contributed by atoms with Gasteiger partial charge in [-0.05, 0) is 42.4 Å². The molecule has 0 atom stereocenters. The van der Waals surface area contributed by atoms with Gasteiger partial charge < -0.3 is 9.29 Å². The van der Waals surface area contributed by atoms with Crippen molar-refractivity contribution >= 4 is 26.4 Å². The average Bonchev–Trinajstić information content (AvgIpc) is 2.50. The van der Waals surface area contributed by atoms with Gasteiger partial charge in [-0.2, -0.15) is 8.42 Å². The van der Waals surface area contributed by atoms with Gasteiger partial charge in [-0.3, -0.25) is 4.90 Å². The van der Waals surface area contributed by atoms with Crippen molar-refractivity contribution in [1.29, 1.82) is 0 Å². The van der Waals surface area contributed by atoms with E-state index in [1.807, 2.05) is 13.0 Å². The minimum absolute atomic E-state index is 0.0751. The van der Waals surface area contributed by atoms with Crippen molar-refractivity contribution in [3.63, 3.8) is 0 Å². The lowest BCUT2D eigenvalue weighted by atomic mass is 10.1. The Labute approximate surface area is 149 Å². The van der Waals surface area contributed by atoms with Gasteiger partial charge in [0.15, 0.2) is 0 Å². The van der Waals surface area contributed by atoms with E-state index < -0.39 is 10.5 Å². The number of hydrogen-bond acceptors (Lipinski definition) is 5. The van der Waals surface area contributed by atoms with E-state index in [0.29, 0.717) is 13.1 Å². The highest BCUT2D eigenvalue weighted by atomic mass is 79.9. The van der Waals surface area contributed by atoms with Gasteiger partial charge in [0.05, 0.1) is 0 Å². The molecule has 0 radical (unpaired) electrons. The number of phenols is 1. The van der Waals surface area contributed by atoms with Crippen LogP contribution in [0, 0.1) is 0 Å². The summed E-state index contributed by atoms with van der Waals surface area (Å²) < 4.78 is 38.4. The molecule has 0 spiro atoms. The molecule has 1 N–H and O–H groups in total. The van der Waals surface area contributed by atoms with Crippen molar-refractivity contribution < 1.29 is 21.6 Å². The topological polar surface area (TPSA) is 66.8 Å². The second-order valence-electron chi connectivity index (χ2n) is 5.20. The molecule has 0 amide bonds. The first-order valence-electron chi connectivity index (χ1n) is 7.19. The highest BCUT2D eigenvalue weighted by molar-refractivity contribution is 9.10. The van der Waals surface area contributed by atoms with Crippen molar-refractivity contribution in [1.82, 2.24) is 4.90 Å². The van der Waals surface area contributed by atoms with E-state index in [-0.39, 0.29) is 11.5 Å². The molecule has 0 aliphatic rings. The van der Waals surface area contributed by atoms with Crippen molar-refractivity contribution in [2.24, 2.45) is 0 Å². The van der Waals surface area contributed by atoms with Crippen LogP contribution in [0.2, 0.25) is 0 Å². The van der Waals surface area contributed by atoms with Crippen LogP contribution in [0.1, 0.15) is 18.1 Å². The molecule has 2 aromatic carbocycles. The molecular formula is C16H17BrFNO4S. The maximum Gasteiger partial charge on any atom is 0.488 e. The summed E-state index contributed by atoms with van der Waals surface area (Å²) >= 11 is 3.38. The molecule has 0 unspecified atom stereocenters. The average molecular weight is 418 g/mol. The highest BCUT2D eigenvalue weighted by Crippen LogP contribution is 2.24. The van der Waals surface area contributed by atoms with Crippen LogP contribution in [-0.2, 0) is 23.6 Å². The number of benzene rings is 2. The first-order chi connectivity index (χ1) is 11.3. The standard InChI is InChI=1S/C16H17BrFNO4S/c1-2-19(11-13-9-14(17)5-8-16(13)20)10-12-3-6-15(7-4-12)23-24(18,21)22/h3-9,20H,2,10-11H2,1H3. The van der Waals surface area contributed by atoms with Crippen LogP contribution in [0.3, 0.4) is 0 Å². The van der Waals surface area contributed by atoms with Crippen molar-refractivity contribution in [2.75, 3.05) is 6.54 Å². The van der Waals surface area contributed by atoms with E-state index in [9.17, 15) is 17.4 Å². The van der Waals surface area contributed by atoms with E-state index in [2.05, 4.69) is 25.0 Å². The lowest BCUT2D eigenvalue weighted by Gasteiger charge is -2.21. The molecular weight excluding hydrogens is 401 g/mol. The van der Waals surface area contributed by atoms with E-state index in [4.69, 9.17) is 0 Å². The quantitative estimate of drug-likeness (QED) is 0.694. The Kier molecular flexibility index (Phi) is 6.20. The number of aromatic hydroxyl groups is 1. The van der Waals surface area contributed by atoms with Gasteiger partial charge in [0.2, 0.25) is 0 Å². The maximum atomic E-state index is 12.5. The van der Waals surface area contributed by atoms with Crippen LogP contribution < -0.4 is 4.18 Å². The molecule has 0 saturated heterocycles. The third-order valence-corrected chi connectivity index (χ3v) is 4.29. The minimum Gasteiger partial charge on any atom is -0.508 e. The molecule has 0 bridgehead atoms. The predicted octanol–water partition coefficient (Wildman–Crippen LogP) is 3.77. The summed E-state index contributed by atoms with van der Waals surface area (Å²) in [6.07, 6.45) is 0. The lowest BCUT2D eigenvalue weighted by Crippen LogP contribution is -2.22. The normalized spacial score (nSPS) is 11.7. The summed E-state index contributed by atoms with van der Waals surface area (Å²) in [5.41, 5.74) is 1.71. The molecule has 5 nitrogen and oxygen atoms in total. The number of phenolic OH excluding ortho intramolecular Hbond substituents is 1. The van der Waals surface area contributed by atoms with E-state index in [1.54, 1.807) is 24.3 Å². The highest BCUT2D eigenvalue weighted by Gasteiger charge is 2.11. The SMILES string of the molecule is CCN(Cc1ccc(OS(=O)(=O)F)cc1)Cc1cc(Br)ccc1O. The van der Waals surface area contributed by atoms with Crippen LogP contribution in [0.15, 0.2) is 46.9 Å². The van der Waals surface area contributed by atoms with Crippen LogP contribution in [0.25, 0.3) is 0 Å². The molecule has 2 aromatic rings. The zero-order valence-corrected chi connectivity index (χ0v) is 15.3. The molecule has 0 saturated carbocycles. The first-order valence-corrected chi connectivity index (χ1v) is 9.29. The third-order valence-electron chi connectivity index (χ3n) is 3.41. The first kappa shape index (κ1) is 18.7. The Hall–Kier alpha value is -1.64. The molecule has 0 aliphatic carbocycles. The van der Waals surface area contributed by atoms with E-state index in [0.717, 1.165) is 22.1 Å². The van der Waals surface area contributed by atoms with Gasteiger partial charge >= 0.3 is 10.5 Å². The monoisotopic (exact) mass is 417 g/mol. The zero-order valence-electron chi connectivity index (χ0n) is 12.9. The molecule has 0 fully saturated rings. The van der Waals surface area contributed by atoms with Crippen LogP contribution in [0.4, 0.5) is 3.89 Å². The maximum absolute atomic E-state index is 12.5. The van der Waals surface area contributed by atoms with Crippen LogP contribution >= 0.6 is 15.9 Å². The predicted molar refractivity (Wildman–Crippen MR) is 92.7 cm³/mol. The summed E-state index contributed by atoms with van der Waals surface area (Å²) in [5, 5.41) is 9.93. The van der Waals surface area contributed by atoms with E-state index >= 15 is 0 Å². The lowest BCUT2D eigenvalue weighted by molar-refractivity contribution is 0.267. The Balaban J connectivity index is 2.06. The van der Waals surface area contributed by atoms with Crippen LogP contribution in [0.5, 0.6) is 11.5 Å². The van der Waals surface area contributed by atoms with Gasteiger partial charge in [-0.25, -0.2) is 0 Å². The molecule has 24 heavy (non-hydrogen) atoms. The Morgan fingerprint density at radius 3 is 2.42 bits per heavy atom. The molecule has 8 heteroatoms. The van der Waals surface area contributed by atoms with Gasteiger partial charge in [0, 0.05) is 23.1 Å². The summed E-state index contributed by atoms with van der Waals surface area (Å²) in [5.74, 6) is 0.155. The Bertz CT molecular complexity index is 796. The second kappa shape index (κ2) is 7.96. The van der Waals surface area contributed by atoms with Gasteiger partial charge in [-0.15, -0.1) is 0 Å². The Morgan fingerprint density at radius 1 is 1.17 bits per heavy atom. The summed E-state index contributed by atoms with van der Waals surface area (Å²) in [6.45, 7) is 3.90. The largest absolute Gasteiger partial charge is 0.508 e. The van der Waals surface area contributed by atoms with Crippen molar-refractivity contribution in [3.05, 3.63) is 58.1 Å². The van der Waals surface area contributed by atoms with Gasteiger partial charge in [-0.1, -0.05) is 38.9 Å². The Morgan fingerprint density at radius 2 is 1.83 bits per heavy atom. The molecule has 0 heterocycles. The fourth-order valence-electron chi connectivity index (χ4n) is 2.22. The summed E-state index contributed by atoms with van der Waals surface area (Å²) in [4.78, 5) is 2.10. The smallest absolute Gasteiger partial charge is 0.488 e. The molecule has 0 aliphatic heterocycles. The molecule has 2 rings (SSSR count). The van der Waals surface area contributed by atoms with Crippen molar-refractivity contribution in [3.8, 4) is 11.5 Å². The van der Waals surface area contributed by atoms with Crippen LogP contribution in [-0.4, -0.2) is 25.0 Å². The molecule has 0 aromatic heterocycles. The fraction of sp³-hybridized carbons (Fsp3) is 0.250. The molecule has 130 valence electrons. The summed E-state index contributed by atoms with van der Waals surface area (Å²) in [6, 6.07) is 11.4. The van der Waals surface area contributed by atoms with Gasteiger partial charge in [0.1, 0.15) is 11.5 Å². The second-order valence-corrected chi connectivity index (χ2v) is 7.07. The van der Waals surface area contributed by atoms with E-state index in [1.165, 1.54) is 12.1 Å². The van der Waals surface area contributed by atoms with Gasteiger partial charge in [0.25, 0.3) is 0 Å². The fourth-order valence-corrected chi connectivity index (χ4v) is 2.97. The number of rotatable bonds is 7. The number of nitrogens with zero attached hydrogens (tertiary/aromatic N) is 1.